The predicted octanol–water partition coefficient (Wildman–Crippen LogP) is 2.46. The molecule has 0 radical (unpaired) electrons. The Bertz CT molecular complexity index is 281. The average Bonchev–Trinajstić information content (AvgIpc) is 2.00. The minimum atomic E-state index is -2.70. The highest BCUT2D eigenvalue weighted by atomic mass is 19.3. The van der Waals surface area contributed by atoms with Crippen LogP contribution in [0, 0.1) is 6.92 Å². The minimum Gasteiger partial charge on any atom is -0.364 e. The van der Waals surface area contributed by atoms with Crippen molar-refractivity contribution in [1.29, 1.82) is 0 Å². The number of anilines is 1. The van der Waals surface area contributed by atoms with Crippen LogP contribution in [-0.4, -0.2) is 17.5 Å². The fourth-order valence-electron chi connectivity index (χ4n) is 0.879. The average molecular weight is 186 g/mol. The summed E-state index contributed by atoms with van der Waals surface area (Å²) in [4.78, 5) is 3.90. The standard InChI is InChI=1S/C9H12F2N2/c1-7-3-4-12-8(5-7)13-6-9(2,10)11/h3-5H,6H2,1-2H3,(H,12,13). The van der Waals surface area contributed by atoms with Gasteiger partial charge in [-0.15, -0.1) is 0 Å². The largest absolute Gasteiger partial charge is 0.364 e. The highest BCUT2D eigenvalue weighted by Crippen LogP contribution is 2.13. The summed E-state index contributed by atoms with van der Waals surface area (Å²) >= 11 is 0. The number of nitrogens with zero attached hydrogens (tertiary/aromatic N) is 1. The SMILES string of the molecule is Cc1ccnc(NCC(C)(F)F)c1. The molecule has 1 aromatic heterocycles. The van der Waals surface area contributed by atoms with Crippen molar-refractivity contribution in [2.75, 3.05) is 11.9 Å². The fourth-order valence-corrected chi connectivity index (χ4v) is 0.879. The second kappa shape index (κ2) is 3.68. The van der Waals surface area contributed by atoms with E-state index in [1.807, 2.05) is 13.0 Å². The van der Waals surface area contributed by atoms with Gasteiger partial charge < -0.3 is 5.32 Å². The molecule has 0 spiro atoms. The van der Waals surface area contributed by atoms with Gasteiger partial charge in [-0.25, -0.2) is 13.8 Å². The number of nitrogens with one attached hydrogen (secondary N) is 1. The van der Waals surface area contributed by atoms with Gasteiger partial charge in [-0.3, -0.25) is 0 Å². The zero-order chi connectivity index (χ0) is 9.90. The molecule has 1 rings (SSSR count). The van der Waals surface area contributed by atoms with E-state index in [2.05, 4.69) is 10.3 Å². The van der Waals surface area contributed by atoms with E-state index < -0.39 is 5.92 Å². The van der Waals surface area contributed by atoms with E-state index in [9.17, 15) is 8.78 Å². The molecule has 0 unspecified atom stereocenters. The van der Waals surface area contributed by atoms with Crippen LogP contribution in [0.4, 0.5) is 14.6 Å². The third kappa shape index (κ3) is 3.83. The van der Waals surface area contributed by atoms with Crippen LogP contribution in [0.15, 0.2) is 18.3 Å². The van der Waals surface area contributed by atoms with Gasteiger partial charge in [-0.05, 0) is 24.6 Å². The first-order valence-electron chi connectivity index (χ1n) is 4.02. The lowest BCUT2D eigenvalue weighted by atomic mass is 10.3. The number of pyridine rings is 1. The molecule has 0 aliphatic heterocycles. The van der Waals surface area contributed by atoms with Crippen molar-refractivity contribution < 1.29 is 8.78 Å². The first kappa shape index (κ1) is 9.89. The fraction of sp³-hybridized carbons (Fsp3) is 0.444. The Balaban J connectivity index is 2.55. The Kier molecular flexibility index (Phi) is 2.80. The molecule has 0 fully saturated rings. The molecule has 0 saturated carbocycles. The Morgan fingerprint density at radius 2 is 2.23 bits per heavy atom. The number of aryl methyl sites for hydroxylation is 1. The Labute approximate surface area is 76.0 Å². The second-order valence-electron chi connectivity index (χ2n) is 3.14. The normalized spacial score (nSPS) is 11.4. The molecule has 0 aliphatic rings. The van der Waals surface area contributed by atoms with Gasteiger partial charge in [0.05, 0.1) is 6.54 Å². The molecule has 2 nitrogen and oxygen atoms in total. The maximum Gasteiger partial charge on any atom is 0.262 e. The lowest BCUT2D eigenvalue weighted by Gasteiger charge is -2.11. The number of aromatic nitrogens is 1. The molecule has 0 amide bonds. The van der Waals surface area contributed by atoms with E-state index in [1.54, 1.807) is 12.3 Å². The van der Waals surface area contributed by atoms with Crippen LogP contribution < -0.4 is 5.32 Å². The van der Waals surface area contributed by atoms with Crippen molar-refractivity contribution in [3.05, 3.63) is 23.9 Å². The van der Waals surface area contributed by atoms with E-state index in [4.69, 9.17) is 0 Å². The van der Waals surface area contributed by atoms with Crippen molar-refractivity contribution in [3.63, 3.8) is 0 Å². The van der Waals surface area contributed by atoms with Crippen molar-refractivity contribution in [1.82, 2.24) is 4.98 Å². The topological polar surface area (TPSA) is 24.9 Å². The van der Waals surface area contributed by atoms with Crippen molar-refractivity contribution in [2.24, 2.45) is 0 Å². The summed E-state index contributed by atoms with van der Waals surface area (Å²) in [6.45, 7) is 2.37. The van der Waals surface area contributed by atoms with E-state index in [-0.39, 0.29) is 6.54 Å². The smallest absolute Gasteiger partial charge is 0.262 e. The van der Waals surface area contributed by atoms with Gasteiger partial charge in [0.2, 0.25) is 0 Å². The molecule has 1 N–H and O–H groups in total. The van der Waals surface area contributed by atoms with E-state index >= 15 is 0 Å². The molecule has 1 aromatic rings. The zero-order valence-electron chi connectivity index (χ0n) is 7.64. The molecular formula is C9H12F2N2. The quantitative estimate of drug-likeness (QED) is 0.784. The summed E-state index contributed by atoms with van der Waals surface area (Å²) in [6.07, 6.45) is 1.59. The van der Waals surface area contributed by atoms with Crippen molar-refractivity contribution in [3.8, 4) is 0 Å². The maximum absolute atomic E-state index is 12.4. The molecule has 0 aromatic carbocycles. The summed E-state index contributed by atoms with van der Waals surface area (Å²) in [5.41, 5.74) is 0.997. The number of hydrogen-bond acceptors (Lipinski definition) is 2. The van der Waals surface area contributed by atoms with Crippen molar-refractivity contribution in [2.45, 2.75) is 19.8 Å². The van der Waals surface area contributed by atoms with Crippen molar-refractivity contribution >= 4 is 5.82 Å². The summed E-state index contributed by atoms with van der Waals surface area (Å²) in [5, 5.41) is 2.56. The van der Waals surface area contributed by atoms with Gasteiger partial charge >= 0.3 is 0 Å². The highest BCUT2D eigenvalue weighted by molar-refractivity contribution is 5.37. The van der Waals surface area contributed by atoms with Gasteiger partial charge in [0.1, 0.15) is 5.82 Å². The molecule has 0 saturated heterocycles. The van der Waals surface area contributed by atoms with Crippen LogP contribution in [0.1, 0.15) is 12.5 Å². The summed E-state index contributed by atoms with van der Waals surface area (Å²) in [7, 11) is 0. The third-order valence-electron chi connectivity index (χ3n) is 1.50. The van der Waals surface area contributed by atoms with Crippen LogP contribution >= 0.6 is 0 Å². The van der Waals surface area contributed by atoms with Gasteiger partial charge in [0.15, 0.2) is 0 Å². The molecule has 0 aliphatic carbocycles. The lowest BCUT2D eigenvalue weighted by Crippen LogP contribution is -2.23. The predicted molar refractivity (Wildman–Crippen MR) is 48.1 cm³/mol. The maximum atomic E-state index is 12.4. The first-order valence-corrected chi connectivity index (χ1v) is 4.02. The molecule has 4 heteroatoms. The molecule has 0 bridgehead atoms. The van der Waals surface area contributed by atoms with Crippen LogP contribution in [0.3, 0.4) is 0 Å². The Morgan fingerprint density at radius 1 is 1.54 bits per heavy atom. The number of rotatable bonds is 3. The number of halogens is 2. The summed E-state index contributed by atoms with van der Waals surface area (Å²) in [5.74, 6) is -2.22. The van der Waals surface area contributed by atoms with Gasteiger partial charge in [-0.2, -0.15) is 0 Å². The van der Waals surface area contributed by atoms with Gasteiger partial charge in [0.25, 0.3) is 5.92 Å². The molecule has 13 heavy (non-hydrogen) atoms. The van der Waals surface area contributed by atoms with Crippen LogP contribution in [0.25, 0.3) is 0 Å². The number of alkyl halides is 2. The van der Waals surface area contributed by atoms with Crippen LogP contribution in [0.5, 0.6) is 0 Å². The molecule has 0 atom stereocenters. The lowest BCUT2D eigenvalue weighted by molar-refractivity contribution is 0.0367. The first-order chi connectivity index (χ1) is 5.97. The Hall–Kier alpha value is -1.19. The molecule has 72 valence electrons. The third-order valence-corrected chi connectivity index (χ3v) is 1.50. The van der Waals surface area contributed by atoms with Crippen LogP contribution in [0.2, 0.25) is 0 Å². The zero-order valence-corrected chi connectivity index (χ0v) is 7.64. The van der Waals surface area contributed by atoms with Crippen LogP contribution in [-0.2, 0) is 0 Å². The van der Waals surface area contributed by atoms with Gasteiger partial charge in [-0.1, -0.05) is 0 Å². The summed E-state index contributed by atoms with van der Waals surface area (Å²) in [6, 6.07) is 3.54. The van der Waals surface area contributed by atoms with Gasteiger partial charge in [0, 0.05) is 13.1 Å². The Morgan fingerprint density at radius 3 is 2.77 bits per heavy atom. The van der Waals surface area contributed by atoms with E-state index in [1.165, 1.54) is 0 Å². The van der Waals surface area contributed by atoms with E-state index in [0.717, 1.165) is 12.5 Å². The minimum absolute atomic E-state index is 0.385. The highest BCUT2D eigenvalue weighted by Gasteiger charge is 2.20. The number of hydrogen-bond donors (Lipinski definition) is 1. The molecular weight excluding hydrogens is 174 g/mol. The second-order valence-corrected chi connectivity index (χ2v) is 3.14. The molecule has 1 heterocycles. The van der Waals surface area contributed by atoms with E-state index in [0.29, 0.717) is 5.82 Å². The monoisotopic (exact) mass is 186 g/mol. The summed E-state index contributed by atoms with van der Waals surface area (Å²) < 4.78 is 24.8.